The van der Waals surface area contributed by atoms with E-state index < -0.39 is 6.17 Å². The van der Waals surface area contributed by atoms with Crippen LogP contribution >= 0.6 is 0 Å². The molecule has 2 heteroatoms. The van der Waals surface area contributed by atoms with Crippen molar-refractivity contribution in [2.75, 3.05) is 13.2 Å². The van der Waals surface area contributed by atoms with Gasteiger partial charge in [-0.05, 0) is 18.3 Å². The van der Waals surface area contributed by atoms with Crippen molar-refractivity contribution >= 4 is 0 Å². The number of hydrogen-bond donors (Lipinski definition) is 0. The Morgan fingerprint density at radius 2 is 2.20 bits per heavy atom. The van der Waals surface area contributed by atoms with Gasteiger partial charge < -0.3 is 4.74 Å². The molecule has 0 aromatic rings. The molecule has 0 amide bonds. The van der Waals surface area contributed by atoms with Gasteiger partial charge in [0.1, 0.15) is 6.17 Å². The minimum Gasteiger partial charge on any atom is -0.378 e. The van der Waals surface area contributed by atoms with Crippen molar-refractivity contribution in [2.24, 2.45) is 11.8 Å². The highest BCUT2D eigenvalue weighted by molar-refractivity contribution is 4.75. The van der Waals surface area contributed by atoms with E-state index in [9.17, 15) is 4.39 Å². The van der Waals surface area contributed by atoms with Crippen LogP contribution in [0.3, 0.4) is 0 Å². The molecule has 1 aliphatic rings. The fourth-order valence-electron chi connectivity index (χ4n) is 1.47. The molecule has 1 saturated heterocycles. The van der Waals surface area contributed by atoms with E-state index in [0.29, 0.717) is 12.5 Å². The predicted molar refractivity (Wildman–Crippen MR) is 38.7 cm³/mol. The summed E-state index contributed by atoms with van der Waals surface area (Å²) in [7, 11) is 0. The van der Waals surface area contributed by atoms with Gasteiger partial charge in [-0.1, -0.05) is 13.8 Å². The zero-order valence-corrected chi connectivity index (χ0v) is 6.64. The summed E-state index contributed by atoms with van der Waals surface area (Å²) in [4.78, 5) is 0. The molecule has 1 rings (SSSR count). The Morgan fingerprint density at radius 1 is 1.50 bits per heavy atom. The Kier molecular flexibility index (Phi) is 2.66. The normalized spacial score (nSPS) is 34.8. The zero-order chi connectivity index (χ0) is 7.56. The maximum atomic E-state index is 13.0. The van der Waals surface area contributed by atoms with Crippen LogP contribution in [0.2, 0.25) is 0 Å². The number of hydrogen-bond acceptors (Lipinski definition) is 1. The molecular formula is C8H15FO. The highest BCUT2D eigenvalue weighted by Crippen LogP contribution is 2.25. The van der Waals surface area contributed by atoms with E-state index >= 15 is 0 Å². The van der Waals surface area contributed by atoms with Crippen molar-refractivity contribution in [3.63, 3.8) is 0 Å². The first-order valence-corrected chi connectivity index (χ1v) is 3.93. The third kappa shape index (κ3) is 1.69. The molecule has 10 heavy (non-hydrogen) atoms. The van der Waals surface area contributed by atoms with E-state index in [-0.39, 0.29) is 5.92 Å². The first kappa shape index (κ1) is 7.99. The van der Waals surface area contributed by atoms with Crippen LogP contribution in [0, 0.1) is 11.8 Å². The van der Waals surface area contributed by atoms with Crippen LogP contribution in [0.5, 0.6) is 0 Å². The molecule has 0 bridgehead atoms. The van der Waals surface area contributed by atoms with Gasteiger partial charge in [-0.2, -0.15) is 0 Å². The lowest BCUT2D eigenvalue weighted by molar-refractivity contribution is -0.0161. The standard InChI is InChI=1S/C8H15FO/c1-6(2)7-3-4-10-5-8(7)9/h6-8H,3-5H2,1-2H3/t7?,8-/m1/s1. The number of ether oxygens (including phenoxy) is 1. The van der Waals surface area contributed by atoms with Crippen LogP contribution < -0.4 is 0 Å². The molecule has 1 heterocycles. The fourth-order valence-corrected chi connectivity index (χ4v) is 1.47. The van der Waals surface area contributed by atoms with Gasteiger partial charge in [0.2, 0.25) is 0 Å². The lowest BCUT2D eigenvalue weighted by Crippen LogP contribution is -2.32. The minimum absolute atomic E-state index is 0.230. The molecule has 1 fully saturated rings. The minimum atomic E-state index is -0.728. The van der Waals surface area contributed by atoms with E-state index in [1.54, 1.807) is 0 Å². The van der Waals surface area contributed by atoms with E-state index in [1.165, 1.54) is 0 Å². The Morgan fingerprint density at radius 3 is 2.60 bits per heavy atom. The summed E-state index contributed by atoms with van der Waals surface area (Å²) >= 11 is 0. The molecule has 1 unspecified atom stereocenters. The van der Waals surface area contributed by atoms with Crippen LogP contribution in [0.4, 0.5) is 4.39 Å². The second-order valence-corrected chi connectivity index (χ2v) is 3.29. The molecule has 1 nitrogen and oxygen atoms in total. The van der Waals surface area contributed by atoms with Gasteiger partial charge in [0.15, 0.2) is 0 Å². The summed E-state index contributed by atoms with van der Waals surface area (Å²) in [5, 5.41) is 0. The van der Waals surface area contributed by atoms with Gasteiger partial charge >= 0.3 is 0 Å². The Hall–Kier alpha value is -0.110. The predicted octanol–water partition coefficient (Wildman–Crippen LogP) is 2.02. The van der Waals surface area contributed by atoms with Crippen LogP contribution in [0.25, 0.3) is 0 Å². The highest BCUT2D eigenvalue weighted by Gasteiger charge is 2.27. The molecule has 0 saturated carbocycles. The largest absolute Gasteiger partial charge is 0.378 e. The number of halogens is 1. The van der Waals surface area contributed by atoms with Crippen molar-refractivity contribution in [2.45, 2.75) is 26.4 Å². The molecule has 60 valence electrons. The highest BCUT2D eigenvalue weighted by atomic mass is 19.1. The summed E-state index contributed by atoms with van der Waals surface area (Å²) in [6.45, 7) is 5.19. The third-order valence-corrected chi connectivity index (χ3v) is 2.19. The van der Waals surface area contributed by atoms with Crippen LogP contribution in [0.15, 0.2) is 0 Å². The second kappa shape index (κ2) is 3.33. The molecule has 0 radical (unpaired) electrons. The quantitative estimate of drug-likeness (QED) is 0.550. The van der Waals surface area contributed by atoms with Crippen molar-refractivity contribution in [3.8, 4) is 0 Å². The smallest absolute Gasteiger partial charge is 0.126 e. The van der Waals surface area contributed by atoms with E-state index in [4.69, 9.17) is 4.74 Å². The van der Waals surface area contributed by atoms with E-state index in [2.05, 4.69) is 13.8 Å². The first-order chi connectivity index (χ1) is 4.72. The Balaban J connectivity index is 2.40. The first-order valence-electron chi connectivity index (χ1n) is 3.93. The fraction of sp³-hybridized carbons (Fsp3) is 1.00. The molecule has 1 aliphatic heterocycles. The molecule has 0 N–H and O–H groups in total. The van der Waals surface area contributed by atoms with Crippen molar-refractivity contribution in [1.29, 1.82) is 0 Å². The summed E-state index contributed by atoms with van der Waals surface area (Å²) in [6.07, 6.45) is 0.160. The van der Waals surface area contributed by atoms with Gasteiger partial charge in [-0.25, -0.2) is 4.39 Å². The van der Waals surface area contributed by atoms with Crippen LogP contribution in [-0.2, 0) is 4.74 Å². The third-order valence-electron chi connectivity index (χ3n) is 2.19. The van der Waals surface area contributed by atoms with E-state index in [1.807, 2.05) is 0 Å². The van der Waals surface area contributed by atoms with Crippen molar-refractivity contribution in [1.82, 2.24) is 0 Å². The number of alkyl halides is 1. The lowest BCUT2D eigenvalue weighted by atomic mass is 9.87. The molecular weight excluding hydrogens is 131 g/mol. The molecule has 0 aromatic heterocycles. The Labute approximate surface area is 61.6 Å². The van der Waals surface area contributed by atoms with Crippen LogP contribution in [0.1, 0.15) is 20.3 Å². The van der Waals surface area contributed by atoms with Gasteiger partial charge in [-0.3, -0.25) is 0 Å². The summed E-state index contributed by atoms with van der Waals surface area (Å²) < 4.78 is 18.0. The maximum absolute atomic E-state index is 13.0. The van der Waals surface area contributed by atoms with Gasteiger partial charge in [0.05, 0.1) is 6.61 Å². The summed E-state index contributed by atoms with van der Waals surface area (Å²) in [5.41, 5.74) is 0. The topological polar surface area (TPSA) is 9.23 Å². The number of rotatable bonds is 1. The van der Waals surface area contributed by atoms with Gasteiger partial charge in [0, 0.05) is 6.61 Å². The maximum Gasteiger partial charge on any atom is 0.126 e. The summed E-state index contributed by atoms with van der Waals surface area (Å²) in [6, 6.07) is 0. The molecule has 0 aliphatic carbocycles. The van der Waals surface area contributed by atoms with Crippen molar-refractivity contribution in [3.05, 3.63) is 0 Å². The molecule has 2 atom stereocenters. The zero-order valence-electron chi connectivity index (χ0n) is 6.64. The molecule has 0 aromatic carbocycles. The van der Waals surface area contributed by atoms with Crippen LogP contribution in [-0.4, -0.2) is 19.4 Å². The SMILES string of the molecule is CC(C)C1CCOC[C@H]1F. The van der Waals surface area contributed by atoms with Gasteiger partial charge in [-0.15, -0.1) is 0 Å². The molecule has 0 spiro atoms. The van der Waals surface area contributed by atoms with Crippen molar-refractivity contribution < 1.29 is 9.13 Å². The monoisotopic (exact) mass is 146 g/mol. The average Bonchev–Trinajstić information content (AvgIpc) is 1.88. The summed E-state index contributed by atoms with van der Waals surface area (Å²) in [5.74, 6) is 0.688. The lowest BCUT2D eigenvalue weighted by Gasteiger charge is -2.28. The van der Waals surface area contributed by atoms with Gasteiger partial charge in [0.25, 0.3) is 0 Å². The Bertz CT molecular complexity index is 103. The second-order valence-electron chi connectivity index (χ2n) is 3.29. The van der Waals surface area contributed by atoms with E-state index in [0.717, 1.165) is 13.0 Å². The average molecular weight is 146 g/mol.